The number of hydrogen-bond acceptors (Lipinski definition) is 6. The number of rotatable bonds is 4. The average molecular weight is 488 g/mol. The Morgan fingerprint density at radius 1 is 1.00 bits per heavy atom. The molecule has 0 N–H and O–H groups in total. The van der Waals surface area contributed by atoms with Gasteiger partial charge in [0.15, 0.2) is 11.5 Å². The molecule has 2 aliphatic heterocycles. The highest BCUT2D eigenvalue weighted by molar-refractivity contribution is 6.08. The smallest absolute Gasteiger partial charge is 0.412 e. The zero-order valence-corrected chi connectivity index (χ0v) is 21.0. The van der Waals surface area contributed by atoms with Gasteiger partial charge < -0.3 is 14.2 Å². The number of carbonyl (C=O) groups excluding carboxylic acids is 2. The summed E-state index contributed by atoms with van der Waals surface area (Å²) in [6.45, 7) is 5.45. The van der Waals surface area contributed by atoms with Gasteiger partial charge in [0, 0.05) is 29.8 Å². The van der Waals surface area contributed by atoms with E-state index in [2.05, 4.69) is 4.98 Å². The molecule has 8 nitrogen and oxygen atoms in total. The lowest BCUT2D eigenvalue weighted by atomic mass is 9.95. The van der Waals surface area contributed by atoms with Gasteiger partial charge in [0.05, 0.1) is 25.6 Å². The van der Waals surface area contributed by atoms with Crippen LogP contribution in [0.25, 0.3) is 11.3 Å². The summed E-state index contributed by atoms with van der Waals surface area (Å²) in [4.78, 5) is 35.7. The molecule has 2 aromatic carbocycles. The molecule has 1 fully saturated rings. The predicted molar refractivity (Wildman–Crippen MR) is 135 cm³/mol. The number of aromatic nitrogens is 1. The summed E-state index contributed by atoms with van der Waals surface area (Å²) < 4.78 is 16.9. The second-order valence-corrected chi connectivity index (χ2v) is 9.84. The average Bonchev–Trinajstić information content (AvgIpc) is 3.15. The summed E-state index contributed by atoms with van der Waals surface area (Å²) in [6, 6.07) is 16.2. The third kappa shape index (κ3) is 3.92. The van der Waals surface area contributed by atoms with E-state index in [-0.39, 0.29) is 5.91 Å². The van der Waals surface area contributed by atoms with Gasteiger partial charge in [0.1, 0.15) is 17.8 Å². The van der Waals surface area contributed by atoms with Crippen molar-refractivity contribution in [3.63, 3.8) is 0 Å². The van der Waals surface area contributed by atoms with Gasteiger partial charge >= 0.3 is 6.09 Å². The van der Waals surface area contributed by atoms with Gasteiger partial charge in [-0.25, -0.2) is 4.79 Å². The molecule has 0 unspecified atom stereocenters. The van der Waals surface area contributed by atoms with Gasteiger partial charge in [-0.3, -0.25) is 19.6 Å². The number of benzene rings is 2. The molecular weight excluding hydrogens is 458 g/mol. The monoisotopic (exact) mass is 487 g/mol. The fourth-order valence-corrected chi connectivity index (χ4v) is 4.91. The highest BCUT2D eigenvalue weighted by atomic mass is 16.6. The van der Waals surface area contributed by atoms with Crippen molar-refractivity contribution in [3.8, 4) is 22.8 Å². The van der Waals surface area contributed by atoms with Crippen LogP contribution in [0.1, 0.15) is 38.1 Å². The highest BCUT2D eigenvalue weighted by Gasteiger charge is 2.54. The van der Waals surface area contributed by atoms with Crippen LogP contribution < -0.4 is 14.4 Å². The van der Waals surface area contributed by atoms with Crippen LogP contribution >= 0.6 is 0 Å². The zero-order valence-electron chi connectivity index (χ0n) is 21.0. The van der Waals surface area contributed by atoms with Gasteiger partial charge in [-0.1, -0.05) is 36.4 Å². The summed E-state index contributed by atoms with van der Waals surface area (Å²) in [5.41, 5.74) is 2.98. The molecule has 2 aliphatic rings. The van der Waals surface area contributed by atoms with Crippen molar-refractivity contribution < 1.29 is 23.8 Å². The fourth-order valence-electron chi connectivity index (χ4n) is 4.91. The van der Waals surface area contributed by atoms with Gasteiger partial charge in [-0.2, -0.15) is 0 Å². The normalized spacial score (nSPS) is 18.3. The Bertz CT molecular complexity index is 1320. The summed E-state index contributed by atoms with van der Waals surface area (Å²) in [6.07, 6.45) is 0.785. The van der Waals surface area contributed by atoms with E-state index in [9.17, 15) is 9.59 Å². The number of methoxy groups -OCH3 is 2. The summed E-state index contributed by atoms with van der Waals surface area (Å²) in [5, 5.41) is 0. The third-order valence-corrected chi connectivity index (χ3v) is 6.38. The number of pyridine rings is 1. The van der Waals surface area contributed by atoms with E-state index in [0.717, 1.165) is 16.7 Å². The Hall–Kier alpha value is -4.07. The lowest BCUT2D eigenvalue weighted by Crippen LogP contribution is -2.44. The van der Waals surface area contributed by atoms with Gasteiger partial charge in [-0.05, 0) is 38.5 Å². The SMILES string of the molecule is COc1cc2c(cc1OC)N1C(=O)[C@H](Cc3ccccc3)N(C(=O)OC(C)(C)C)[C@@H]1c1cccnc1-2. The minimum absolute atomic E-state index is 0.197. The van der Waals surface area contributed by atoms with E-state index in [4.69, 9.17) is 14.2 Å². The second kappa shape index (κ2) is 8.86. The lowest BCUT2D eigenvalue weighted by molar-refractivity contribution is -0.119. The van der Waals surface area contributed by atoms with Crippen LogP contribution in [-0.2, 0) is 16.0 Å². The molecule has 0 spiro atoms. The van der Waals surface area contributed by atoms with Crippen LogP contribution in [0.4, 0.5) is 10.5 Å². The first kappa shape index (κ1) is 23.7. The molecule has 1 saturated heterocycles. The molecule has 0 aliphatic carbocycles. The number of hydrogen-bond donors (Lipinski definition) is 0. The Kier molecular flexibility index (Phi) is 5.82. The van der Waals surface area contributed by atoms with Gasteiger partial charge in [0.2, 0.25) is 0 Å². The molecule has 3 aromatic rings. The molecule has 5 rings (SSSR count). The number of anilines is 1. The minimum atomic E-state index is -0.764. The molecule has 1 aromatic heterocycles. The number of amides is 2. The molecular formula is C28H29N3O5. The van der Waals surface area contributed by atoms with E-state index in [0.29, 0.717) is 29.3 Å². The predicted octanol–water partition coefficient (Wildman–Crippen LogP) is 4.97. The topological polar surface area (TPSA) is 81.2 Å². The third-order valence-electron chi connectivity index (χ3n) is 6.38. The van der Waals surface area contributed by atoms with Crippen molar-refractivity contribution in [2.45, 2.75) is 45.0 Å². The maximum Gasteiger partial charge on any atom is 0.412 e. The maximum atomic E-state index is 14.1. The lowest BCUT2D eigenvalue weighted by Gasteiger charge is -2.37. The Morgan fingerprint density at radius 3 is 2.36 bits per heavy atom. The van der Waals surface area contributed by atoms with Crippen LogP contribution in [0.15, 0.2) is 60.8 Å². The molecule has 3 heterocycles. The van der Waals surface area contributed by atoms with Crippen LogP contribution in [-0.4, -0.2) is 47.7 Å². The molecule has 2 atom stereocenters. The Morgan fingerprint density at radius 2 is 1.69 bits per heavy atom. The van der Waals surface area contributed by atoms with Gasteiger partial charge in [-0.15, -0.1) is 0 Å². The fraction of sp³-hybridized carbons (Fsp3) is 0.321. The quantitative estimate of drug-likeness (QED) is 0.517. The van der Waals surface area contributed by atoms with E-state index in [1.165, 1.54) is 0 Å². The van der Waals surface area contributed by atoms with E-state index < -0.39 is 23.9 Å². The van der Waals surface area contributed by atoms with E-state index in [1.807, 2.05) is 69.3 Å². The second-order valence-electron chi connectivity index (χ2n) is 9.84. The molecule has 0 bridgehead atoms. The Balaban J connectivity index is 1.71. The van der Waals surface area contributed by atoms with Crippen molar-refractivity contribution in [1.82, 2.24) is 9.88 Å². The largest absolute Gasteiger partial charge is 0.493 e. The minimum Gasteiger partial charge on any atom is -0.493 e. The number of nitrogens with zero attached hydrogens (tertiary/aromatic N) is 3. The van der Waals surface area contributed by atoms with E-state index >= 15 is 0 Å². The van der Waals surface area contributed by atoms with Crippen LogP contribution in [0, 0.1) is 0 Å². The van der Waals surface area contributed by atoms with E-state index in [1.54, 1.807) is 36.3 Å². The van der Waals surface area contributed by atoms with Crippen LogP contribution in [0.2, 0.25) is 0 Å². The van der Waals surface area contributed by atoms with Crippen LogP contribution in [0.3, 0.4) is 0 Å². The van der Waals surface area contributed by atoms with Gasteiger partial charge in [0.25, 0.3) is 5.91 Å². The Labute approximate surface area is 210 Å². The van der Waals surface area contributed by atoms with Crippen molar-refractivity contribution >= 4 is 17.7 Å². The first-order valence-corrected chi connectivity index (χ1v) is 11.8. The zero-order chi connectivity index (χ0) is 25.6. The van der Waals surface area contributed by atoms with Crippen molar-refractivity contribution in [3.05, 3.63) is 71.9 Å². The molecule has 36 heavy (non-hydrogen) atoms. The molecule has 0 saturated carbocycles. The number of ether oxygens (including phenoxy) is 3. The number of fused-ring (bicyclic) bond motifs is 6. The molecule has 186 valence electrons. The molecule has 8 heteroatoms. The summed E-state index contributed by atoms with van der Waals surface area (Å²) in [7, 11) is 3.12. The number of carbonyl (C=O) groups is 2. The summed E-state index contributed by atoms with van der Waals surface area (Å²) >= 11 is 0. The van der Waals surface area contributed by atoms with Crippen molar-refractivity contribution in [1.29, 1.82) is 0 Å². The molecule has 0 radical (unpaired) electrons. The van der Waals surface area contributed by atoms with Crippen molar-refractivity contribution in [2.75, 3.05) is 19.1 Å². The van der Waals surface area contributed by atoms with Crippen molar-refractivity contribution in [2.24, 2.45) is 0 Å². The summed E-state index contributed by atoms with van der Waals surface area (Å²) in [5.74, 6) is 0.818. The molecule has 2 amide bonds. The maximum absolute atomic E-state index is 14.1. The first-order valence-electron chi connectivity index (χ1n) is 11.8. The van der Waals surface area contributed by atoms with Crippen LogP contribution in [0.5, 0.6) is 11.5 Å². The highest BCUT2D eigenvalue weighted by Crippen LogP contribution is 2.52. The first-order chi connectivity index (χ1) is 17.2. The standard InChI is InChI=1S/C28H29N3O5/c1-28(2,3)36-27(33)31-21(14-17-10-7-6-8-11-17)26(32)30-20-16-23(35-5)22(34-4)15-19(20)24-18(25(30)31)12-9-13-29-24/h6-13,15-16,21,25H,14H2,1-5H3/t21-,25+/m0/s1.